The van der Waals surface area contributed by atoms with Crippen molar-refractivity contribution >= 4 is 29.5 Å². The number of aliphatic hydroxyl groups is 1. The minimum atomic E-state index is -0.597. The van der Waals surface area contributed by atoms with Gasteiger partial charge < -0.3 is 19.8 Å². The molecule has 3 amide bonds. The lowest BCUT2D eigenvalue weighted by Crippen LogP contribution is -2.55. The lowest BCUT2D eigenvalue weighted by molar-refractivity contribution is -0.144. The molecule has 0 aromatic heterocycles. The van der Waals surface area contributed by atoms with Crippen molar-refractivity contribution < 1.29 is 19.5 Å². The summed E-state index contributed by atoms with van der Waals surface area (Å²) in [6.07, 6.45) is 9.36. The quantitative estimate of drug-likeness (QED) is 0.273. The van der Waals surface area contributed by atoms with Gasteiger partial charge in [0, 0.05) is 44.6 Å². The number of carbonyl (C=O) groups is 3. The van der Waals surface area contributed by atoms with E-state index in [0.717, 1.165) is 38.5 Å². The van der Waals surface area contributed by atoms with Crippen LogP contribution in [0.15, 0.2) is 25.3 Å². The molecule has 3 rings (SSSR count). The number of hydrogen-bond donors (Lipinski definition) is 1. The molecular formula is C27H43N3O4S. The molecule has 196 valence electrons. The number of unbranched alkanes of at least 4 members (excludes halogenated alkanes) is 2. The van der Waals surface area contributed by atoms with E-state index in [9.17, 15) is 19.5 Å². The number of amides is 3. The Balaban J connectivity index is 1.97. The van der Waals surface area contributed by atoms with Crippen LogP contribution in [-0.2, 0) is 14.4 Å². The summed E-state index contributed by atoms with van der Waals surface area (Å²) in [6.45, 7) is 14.3. The molecule has 2 bridgehead atoms. The van der Waals surface area contributed by atoms with E-state index >= 15 is 0 Å². The van der Waals surface area contributed by atoms with Crippen molar-refractivity contribution in [3.05, 3.63) is 25.3 Å². The molecule has 0 radical (unpaired) electrons. The van der Waals surface area contributed by atoms with Crippen LogP contribution in [0.1, 0.15) is 58.8 Å². The minimum absolute atomic E-state index is 0.0188. The zero-order valence-corrected chi connectivity index (χ0v) is 22.3. The highest BCUT2D eigenvalue weighted by Crippen LogP contribution is 2.66. The molecule has 3 aliphatic heterocycles. The number of fused-ring (bicyclic) bond motifs is 1. The summed E-state index contributed by atoms with van der Waals surface area (Å²) in [5.74, 6) is -1.00. The summed E-state index contributed by atoms with van der Waals surface area (Å²) in [5, 5.41) is 9.58. The van der Waals surface area contributed by atoms with Crippen molar-refractivity contribution in [2.45, 2.75) is 74.8 Å². The van der Waals surface area contributed by atoms with Crippen LogP contribution in [0.2, 0.25) is 0 Å². The van der Waals surface area contributed by atoms with E-state index in [1.165, 1.54) is 0 Å². The third kappa shape index (κ3) is 5.19. The van der Waals surface area contributed by atoms with Crippen molar-refractivity contribution in [3.63, 3.8) is 0 Å². The molecule has 3 aliphatic rings. The monoisotopic (exact) mass is 505 g/mol. The Morgan fingerprint density at radius 2 is 1.77 bits per heavy atom. The van der Waals surface area contributed by atoms with Gasteiger partial charge in [-0.15, -0.1) is 24.9 Å². The van der Waals surface area contributed by atoms with Gasteiger partial charge in [-0.2, -0.15) is 0 Å². The molecule has 5 atom stereocenters. The van der Waals surface area contributed by atoms with E-state index in [1.54, 1.807) is 28.8 Å². The second-order valence-corrected chi connectivity index (χ2v) is 11.6. The molecule has 1 N–H and O–H groups in total. The third-order valence-corrected chi connectivity index (χ3v) is 9.68. The fourth-order valence-corrected chi connectivity index (χ4v) is 8.50. The van der Waals surface area contributed by atoms with Crippen LogP contribution in [0.3, 0.4) is 0 Å². The molecule has 7 nitrogen and oxygen atoms in total. The molecule has 0 aromatic rings. The van der Waals surface area contributed by atoms with Crippen molar-refractivity contribution in [2.75, 3.05) is 39.3 Å². The molecule has 0 saturated carbocycles. The van der Waals surface area contributed by atoms with E-state index in [1.807, 2.05) is 16.7 Å². The van der Waals surface area contributed by atoms with Crippen LogP contribution >= 0.6 is 11.8 Å². The standard InChI is InChI=1S/C27H43N3O4S/c1-5-9-10-17-29(16-8-4)26(34)23-27-13-12-20(35-27)21(24(32)28(14-6-2)15-7-3)22(27)25(33)30(23)18-11-19-31/h6,8,20-23,31H,2,4-5,7,9-19H2,1,3H3/t20-,21+,22-,23?,27?/m0/s1. The zero-order chi connectivity index (χ0) is 25.6. The Bertz CT molecular complexity index is 805. The van der Waals surface area contributed by atoms with Crippen molar-refractivity contribution in [3.8, 4) is 0 Å². The summed E-state index contributed by atoms with van der Waals surface area (Å²) in [7, 11) is 0. The Hall–Kier alpha value is -1.80. The van der Waals surface area contributed by atoms with Crippen LogP contribution in [0.4, 0.5) is 0 Å². The molecular weight excluding hydrogens is 462 g/mol. The van der Waals surface area contributed by atoms with Crippen LogP contribution < -0.4 is 0 Å². The summed E-state index contributed by atoms with van der Waals surface area (Å²) in [4.78, 5) is 47.1. The van der Waals surface area contributed by atoms with Crippen LogP contribution in [0.5, 0.6) is 0 Å². The van der Waals surface area contributed by atoms with Gasteiger partial charge in [-0.3, -0.25) is 14.4 Å². The van der Waals surface area contributed by atoms with E-state index < -0.39 is 22.6 Å². The van der Waals surface area contributed by atoms with Gasteiger partial charge in [0.1, 0.15) is 6.04 Å². The van der Waals surface area contributed by atoms with Crippen LogP contribution in [0.25, 0.3) is 0 Å². The fraction of sp³-hybridized carbons (Fsp3) is 0.741. The molecule has 0 aliphatic carbocycles. The normalized spacial score (nSPS) is 28.8. The van der Waals surface area contributed by atoms with Crippen LogP contribution in [0, 0.1) is 11.8 Å². The lowest BCUT2D eigenvalue weighted by atomic mass is 9.70. The molecule has 8 heteroatoms. The highest BCUT2D eigenvalue weighted by atomic mass is 32.2. The summed E-state index contributed by atoms with van der Waals surface area (Å²) >= 11 is 1.71. The molecule has 2 unspecified atom stereocenters. The topological polar surface area (TPSA) is 81.2 Å². The molecule has 3 saturated heterocycles. The molecule has 1 spiro atoms. The number of hydrogen-bond acceptors (Lipinski definition) is 5. The molecule has 3 heterocycles. The Morgan fingerprint density at radius 1 is 1.09 bits per heavy atom. The van der Waals surface area contributed by atoms with Gasteiger partial charge >= 0.3 is 0 Å². The van der Waals surface area contributed by atoms with Crippen molar-refractivity contribution in [2.24, 2.45) is 11.8 Å². The number of thioether (sulfide) groups is 1. The first-order valence-corrected chi connectivity index (χ1v) is 14.2. The number of carbonyl (C=O) groups excluding carboxylic acids is 3. The Kier molecular flexibility index (Phi) is 9.87. The largest absolute Gasteiger partial charge is 0.396 e. The molecule has 0 aromatic carbocycles. The maximum atomic E-state index is 14.1. The molecule has 3 fully saturated rings. The van der Waals surface area contributed by atoms with Gasteiger partial charge in [-0.05, 0) is 32.1 Å². The zero-order valence-electron chi connectivity index (χ0n) is 21.5. The van der Waals surface area contributed by atoms with E-state index in [-0.39, 0.29) is 29.6 Å². The third-order valence-electron chi connectivity index (χ3n) is 7.72. The van der Waals surface area contributed by atoms with E-state index in [0.29, 0.717) is 39.1 Å². The van der Waals surface area contributed by atoms with Gasteiger partial charge in [0.15, 0.2) is 0 Å². The summed E-state index contributed by atoms with van der Waals surface area (Å²) < 4.78 is -0.579. The van der Waals surface area contributed by atoms with E-state index in [4.69, 9.17) is 0 Å². The fourth-order valence-electron chi connectivity index (χ4n) is 6.30. The maximum absolute atomic E-state index is 14.1. The highest BCUT2D eigenvalue weighted by molar-refractivity contribution is 8.02. The van der Waals surface area contributed by atoms with Crippen molar-refractivity contribution in [1.82, 2.24) is 14.7 Å². The summed E-state index contributed by atoms with van der Waals surface area (Å²) in [5.41, 5.74) is 0. The SMILES string of the molecule is C=CCN(CCCCC)C(=O)C1N(CCCO)C(=O)[C@@H]2[C@H](C(=O)N(CC=C)CCC)[C@@H]3CCC12S3. The first-order valence-electron chi connectivity index (χ1n) is 13.3. The number of aliphatic hydroxyl groups excluding tert-OH is 1. The predicted octanol–water partition coefficient (Wildman–Crippen LogP) is 3.09. The first kappa shape index (κ1) is 27.8. The lowest BCUT2D eigenvalue weighted by Gasteiger charge is -2.37. The Morgan fingerprint density at radius 3 is 2.37 bits per heavy atom. The van der Waals surface area contributed by atoms with E-state index in [2.05, 4.69) is 20.1 Å². The van der Waals surface area contributed by atoms with Crippen LogP contribution in [-0.4, -0.2) is 92.9 Å². The number of likely N-dealkylation sites (tertiary alicyclic amines) is 1. The summed E-state index contributed by atoms with van der Waals surface area (Å²) in [6, 6.07) is -0.597. The predicted molar refractivity (Wildman–Crippen MR) is 141 cm³/mol. The highest BCUT2D eigenvalue weighted by Gasteiger charge is 2.73. The van der Waals surface area contributed by atoms with Gasteiger partial charge in [0.25, 0.3) is 0 Å². The number of nitrogens with zero attached hydrogens (tertiary/aromatic N) is 3. The second kappa shape index (κ2) is 12.4. The maximum Gasteiger partial charge on any atom is 0.247 e. The first-order chi connectivity index (χ1) is 16.9. The average molecular weight is 506 g/mol. The van der Waals surface area contributed by atoms with Gasteiger partial charge in [0.05, 0.1) is 16.6 Å². The van der Waals surface area contributed by atoms with Crippen molar-refractivity contribution in [1.29, 1.82) is 0 Å². The minimum Gasteiger partial charge on any atom is -0.396 e. The average Bonchev–Trinajstić information content (AvgIpc) is 3.48. The van der Waals surface area contributed by atoms with Gasteiger partial charge in [0.2, 0.25) is 17.7 Å². The second-order valence-electron chi connectivity index (χ2n) is 10.0. The van der Waals surface area contributed by atoms with Gasteiger partial charge in [-0.25, -0.2) is 0 Å². The Labute approximate surface area is 215 Å². The number of rotatable bonds is 15. The van der Waals surface area contributed by atoms with Gasteiger partial charge in [-0.1, -0.05) is 38.8 Å². The smallest absolute Gasteiger partial charge is 0.247 e. The molecule has 35 heavy (non-hydrogen) atoms.